The molecule has 3 N–H and O–H groups in total. The second-order valence-electron chi connectivity index (χ2n) is 4.06. The lowest BCUT2D eigenvalue weighted by Gasteiger charge is -2.10. The van der Waals surface area contributed by atoms with Gasteiger partial charge in [-0.3, -0.25) is 0 Å². The number of nitrogens with zero attached hydrogens (tertiary/aromatic N) is 2. The van der Waals surface area contributed by atoms with Crippen LogP contribution in [-0.2, 0) is 6.54 Å². The molecule has 0 aliphatic carbocycles. The van der Waals surface area contributed by atoms with Crippen LogP contribution in [0.5, 0.6) is 17.2 Å². The van der Waals surface area contributed by atoms with Crippen LogP contribution in [0.3, 0.4) is 0 Å². The highest BCUT2D eigenvalue weighted by molar-refractivity contribution is 5.71. The van der Waals surface area contributed by atoms with Gasteiger partial charge in [0.05, 0.1) is 25.3 Å². The van der Waals surface area contributed by atoms with Crippen LogP contribution in [-0.4, -0.2) is 28.5 Å². The zero-order chi connectivity index (χ0) is 13.2. The number of aromatic hydroxyl groups is 1. The highest BCUT2D eigenvalue weighted by atomic mass is 16.5. The van der Waals surface area contributed by atoms with E-state index in [1.807, 2.05) is 0 Å². The van der Waals surface area contributed by atoms with E-state index in [0.29, 0.717) is 36.2 Å². The van der Waals surface area contributed by atoms with Crippen LogP contribution in [0.25, 0.3) is 11.4 Å². The number of fused-ring (bicyclic) bond motifs is 1. The third-order valence-corrected chi connectivity index (χ3v) is 2.77. The Hall–Kier alpha value is -2.28. The first-order valence-corrected chi connectivity index (χ1v) is 5.94. The van der Waals surface area contributed by atoms with Crippen molar-refractivity contribution in [3.05, 3.63) is 18.0 Å². The molecule has 19 heavy (non-hydrogen) atoms. The van der Waals surface area contributed by atoms with Crippen LogP contribution in [0, 0.1) is 0 Å². The van der Waals surface area contributed by atoms with Gasteiger partial charge in [-0.15, -0.1) is 0 Å². The number of rotatable bonds is 2. The molecule has 0 atom stereocenters. The quantitative estimate of drug-likeness (QED) is 0.834. The van der Waals surface area contributed by atoms with Crippen LogP contribution < -0.4 is 15.2 Å². The summed E-state index contributed by atoms with van der Waals surface area (Å²) in [5, 5.41) is 14.0. The minimum absolute atomic E-state index is 0.0521. The van der Waals surface area contributed by atoms with Gasteiger partial charge in [-0.05, 0) is 12.1 Å². The van der Waals surface area contributed by atoms with E-state index in [1.54, 1.807) is 12.1 Å². The molecule has 3 rings (SSSR count). The molecule has 0 unspecified atom stereocenters. The molecule has 1 aliphatic rings. The van der Waals surface area contributed by atoms with Gasteiger partial charge in [-0.1, -0.05) is 5.16 Å². The molecule has 100 valence electrons. The molecule has 0 bridgehead atoms. The normalized spacial score (nSPS) is 14.2. The number of aromatic nitrogens is 2. The van der Waals surface area contributed by atoms with Gasteiger partial charge in [0.1, 0.15) is 0 Å². The summed E-state index contributed by atoms with van der Waals surface area (Å²) in [5.41, 5.74) is 5.83. The fraction of sp³-hybridized carbons (Fsp3) is 0.333. The maximum Gasteiger partial charge on any atom is 0.240 e. The van der Waals surface area contributed by atoms with E-state index in [-0.39, 0.29) is 18.1 Å². The summed E-state index contributed by atoms with van der Waals surface area (Å²) in [6, 6.07) is 3.38. The SMILES string of the molecule is NCc1nc(-c2ccc3c(c2O)OCCCO3)no1. The van der Waals surface area contributed by atoms with Gasteiger partial charge in [-0.2, -0.15) is 4.98 Å². The first-order valence-electron chi connectivity index (χ1n) is 5.94. The lowest BCUT2D eigenvalue weighted by Crippen LogP contribution is -1.97. The summed E-state index contributed by atoms with van der Waals surface area (Å²) in [7, 11) is 0. The Labute approximate surface area is 108 Å². The van der Waals surface area contributed by atoms with Crippen molar-refractivity contribution in [3.8, 4) is 28.6 Å². The number of nitrogens with two attached hydrogens (primary N) is 1. The molecule has 2 heterocycles. The minimum Gasteiger partial charge on any atom is -0.504 e. The Bertz CT molecular complexity index is 597. The van der Waals surface area contributed by atoms with Gasteiger partial charge in [-0.25, -0.2) is 0 Å². The highest BCUT2D eigenvalue weighted by Gasteiger charge is 2.21. The molecule has 0 spiro atoms. The fourth-order valence-electron chi connectivity index (χ4n) is 1.85. The van der Waals surface area contributed by atoms with Gasteiger partial charge >= 0.3 is 0 Å². The van der Waals surface area contributed by atoms with Crippen molar-refractivity contribution in [2.75, 3.05) is 13.2 Å². The van der Waals surface area contributed by atoms with Gasteiger partial charge < -0.3 is 24.8 Å². The Morgan fingerprint density at radius 3 is 2.89 bits per heavy atom. The maximum absolute atomic E-state index is 10.2. The molecule has 0 saturated carbocycles. The third-order valence-electron chi connectivity index (χ3n) is 2.77. The predicted octanol–water partition coefficient (Wildman–Crippen LogP) is 1.06. The standard InChI is InChI=1S/C12H13N3O4/c13-6-9-14-12(15-19-9)7-2-3-8-11(10(7)16)18-5-1-4-17-8/h2-3,16H,1,4-6,13H2. The number of ether oxygens (including phenoxy) is 2. The zero-order valence-electron chi connectivity index (χ0n) is 10.1. The highest BCUT2D eigenvalue weighted by Crippen LogP contribution is 2.43. The summed E-state index contributed by atoms with van der Waals surface area (Å²) in [5.74, 6) is 1.36. The van der Waals surface area contributed by atoms with E-state index in [2.05, 4.69) is 10.1 Å². The number of hydrogen-bond acceptors (Lipinski definition) is 7. The molecular formula is C12H13N3O4. The van der Waals surface area contributed by atoms with E-state index < -0.39 is 0 Å². The topological polar surface area (TPSA) is 104 Å². The summed E-state index contributed by atoms with van der Waals surface area (Å²) in [4.78, 5) is 4.07. The maximum atomic E-state index is 10.2. The van der Waals surface area contributed by atoms with Crippen molar-refractivity contribution in [1.82, 2.24) is 10.1 Å². The van der Waals surface area contributed by atoms with Crippen molar-refractivity contribution in [2.24, 2.45) is 5.73 Å². The Balaban J connectivity index is 2.05. The molecule has 2 aromatic rings. The van der Waals surface area contributed by atoms with Crippen molar-refractivity contribution in [2.45, 2.75) is 13.0 Å². The summed E-state index contributed by atoms with van der Waals surface area (Å²) in [6.45, 7) is 1.20. The van der Waals surface area contributed by atoms with Gasteiger partial charge in [0.25, 0.3) is 0 Å². The monoisotopic (exact) mass is 263 g/mol. The van der Waals surface area contributed by atoms with E-state index in [1.165, 1.54) is 0 Å². The summed E-state index contributed by atoms with van der Waals surface area (Å²) < 4.78 is 15.9. The molecule has 0 radical (unpaired) electrons. The second kappa shape index (κ2) is 4.77. The first-order chi connectivity index (χ1) is 9.29. The number of hydrogen-bond donors (Lipinski definition) is 2. The molecule has 1 aliphatic heterocycles. The minimum atomic E-state index is -0.0521. The van der Waals surface area contributed by atoms with E-state index in [4.69, 9.17) is 19.7 Å². The number of phenols is 1. The molecule has 7 nitrogen and oxygen atoms in total. The van der Waals surface area contributed by atoms with Crippen LogP contribution in [0.4, 0.5) is 0 Å². The number of phenolic OH excluding ortho intramolecular Hbond substituents is 1. The zero-order valence-corrected chi connectivity index (χ0v) is 10.1. The predicted molar refractivity (Wildman–Crippen MR) is 64.9 cm³/mol. The molecule has 0 fully saturated rings. The number of benzene rings is 1. The van der Waals surface area contributed by atoms with Crippen LogP contribution in [0.2, 0.25) is 0 Å². The Morgan fingerprint density at radius 1 is 1.26 bits per heavy atom. The van der Waals surface area contributed by atoms with E-state index >= 15 is 0 Å². The Kier molecular flexibility index (Phi) is 2.96. The van der Waals surface area contributed by atoms with Crippen LogP contribution in [0.1, 0.15) is 12.3 Å². The molecule has 1 aromatic heterocycles. The van der Waals surface area contributed by atoms with Crippen molar-refractivity contribution < 1.29 is 19.1 Å². The first kappa shape index (κ1) is 11.8. The lowest BCUT2D eigenvalue weighted by atomic mass is 10.1. The largest absolute Gasteiger partial charge is 0.504 e. The summed E-state index contributed by atoms with van der Waals surface area (Å²) >= 11 is 0. The summed E-state index contributed by atoms with van der Waals surface area (Å²) in [6.07, 6.45) is 0.767. The van der Waals surface area contributed by atoms with E-state index in [0.717, 1.165) is 6.42 Å². The molecule has 0 amide bonds. The molecule has 7 heteroatoms. The lowest BCUT2D eigenvalue weighted by molar-refractivity contribution is 0.291. The van der Waals surface area contributed by atoms with Crippen LogP contribution in [0.15, 0.2) is 16.7 Å². The average molecular weight is 263 g/mol. The van der Waals surface area contributed by atoms with Crippen molar-refractivity contribution >= 4 is 0 Å². The smallest absolute Gasteiger partial charge is 0.240 e. The second-order valence-corrected chi connectivity index (χ2v) is 4.06. The van der Waals surface area contributed by atoms with Gasteiger partial charge in [0.15, 0.2) is 11.5 Å². The van der Waals surface area contributed by atoms with Gasteiger partial charge in [0.2, 0.25) is 17.5 Å². The molecule has 1 aromatic carbocycles. The van der Waals surface area contributed by atoms with Crippen LogP contribution >= 0.6 is 0 Å². The average Bonchev–Trinajstić information content (AvgIpc) is 2.76. The van der Waals surface area contributed by atoms with Crippen molar-refractivity contribution in [3.63, 3.8) is 0 Å². The Morgan fingerprint density at radius 2 is 2.11 bits per heavy atom. The van der Waals surface area contributed by atoms with Crippen molar-refractivity contribution in [1.29, 1.82) is 0 Å². The fourth-order valence-corrected chi connectivity index (χ4v) is 1.85. The molecule has 0 saturated heterocycles. The third kappa shape index (κ3) is 2.08. The molecular weight excluding hydrogens is 250 g/mol. The van der Waals surface area contributed by atoms with E-state index in [9.17, 15) is 5.11 Å². The van der Waals surface area contributed by atoms with Gasteiger partial charge in [0, 0.05) is 6.42 Å².